The molecule has 0 saturated heterocycles. The number of imidazole rings is 1. The predicted molar refractivity (Wildman–Crippen MR) is 89.5 cm³/mol. The highest BCUT2D eigenvalue weighted by atomic mass is 35.5. The number of hydrogen-bond acceptors (Lipinski definition) is 2. The first-order valence-electron chi connectivity index (χ1n) is 6.32. The average Bonchev–Trinajstić information content (AvgIpc) is 2.91. The molecule has 0 fully saturated rings. The monoisotopic (exact) mass is 310 g/mol. The summed E-state index contributed by atoms with van der Waals surface area (Å²) in [6, 6.07) is 8.10. The zero-order valence-corrected chi connectivity index (χ0v) is 13.0. The molecular weight excluding hydrogens is 292 g/mol. The Balaban J connectivity index is 0.00000200. The van der Waals surface area contributed by atoms with Gasteiger partial charge in [0.25, 0.3) is 0 Å². The molecule has 0 bridgehead atoms. The van der Waals surface area contributed by atoms with Crippen LogP contribution in [0.25, 0.3) is 0 Å². The fourth-order valence-electron chi connectivity index (χ4n) is 1.76. The Labute approximate surface area is 131 Å². The molecular formula is C14H19ClN4S. The van der Waals surface area contributed by atoms with Crippen molar-refractivity contribution in [2.45, 2.75) is 19.9 Å². The highest BCUT2D eigenvalue weighted by molar-refractivity contribution is 7.80. The van der Waals surface area contributed by atoms with Gasteiger partial charge >= 0.3 is 0 Å². The third-order valence-electron chi connectivity index (χ3n) is 2.83. The van der Waals surface area contributed by atoms with Crippen LogP contribution in [0.5, 0.6) is 0 Å². The summed E-state index contributed by atoms with van der Waals surface area (Å²) in [5.74, 6) is 0. The van der Waals surface area contributed by atoms with Gasteiger partial charge in [0.05, 0.1) is 6.33 Å². The molecule has 2 N–H and O–H groups in total. The molecule has 4 nitrogen and oxygen atoms in total. The van der Waals surface area contributed by atoms with Crippen molar-refractivity contribution >= 4 is 35.4 Å². The molecule has 1 heterocycles. The third kappa shape index (κ3) is 5.19. The Morgan fingerprint density at radius 1 is 1.35 bits per heavy atom. The molecule has 0 radical (unpaired) electrons. The Morgan fingerprint density at radius 2 is 2.15 bits per heavy atom. The fourth-order valence-corrected chi connectivity index (χ4v) is 1.97. The molecule has 0 atom stereocenters. The van der Waals surface area contributed by atoms with Gasteiger partial charge in [-0.1, -0.05) is 18.2 Å². The van der Waals surface area contributed by atoms with E-state index in [1.807, 2.05) is 30.7 Å². The van der Waals surface area contributed by atoms with Crippen LogP contribution in [-0.4, -0.2) is 21.2 Å². The van der Waals surface area contributed by atoms with E-state index in [0.29, 0.717) is 5.11 Å². The molecule has 0 aliphatic heterocycles. The van der Waals surface area contributed by atoms with E-state index in [9.17, 15) is 0 Å². The van der Waals surface area contributed by atoms with E-state index in [1.165, 1.54) is 5.56 Å². The van der Waals surface area contributed by atoms with Crippen LogP contribution in [-0.2, 0) is 6.54 Å². The lowest BCUT2D eigenvalue weighted by Crippen LogP contribution is -2.30. The highest BCUT2D eigenvalue weighted by Gasteiger charge is 1.99. The molecule has 0 unspecified atom stereocenters. The van der Waals surface area contributed by atoms with Crippen LogP contribution < -0.4 is 10.6 Å². The first kappa shape index (κ1) is 16.5. The molecule has 0 aliphatic rings. The van der Waals surface area contributed by atoms with Crippen molar-refractivity contribution in [3.63, 3.8) is 0 Å². The summed E-state index contributed by atoms with van der Waals surface area (Å²) >= 11 is 5.27. The highest BCUT2D eigenvalue weighted by Crippen LogP contribution is 2.12. The fraction of sp³-hybridized carbons (Fsp3) is 0.286. The number of anilines is 1. The lowest BCUT2D eigenvalue weighted by Gasteiger charge is -2.12. The molecule has 0 spiro atoms. The summed E-state index contributed by atoms with van der Waals surface area (Å²) in [5, 5.41) is 7.08. The maximum Gasteiger partial charge on any atom is 0.170 e. The van der Waals surface area contributed by atoms with Gasteiger partial charge in [-0.2, -0.15) is 0 Å². The van der Waals surface area contributed by atoms with E-state index >= 15 is 0 Å². The van der Waals surface area contributed by atoms with Gasteiger partial charge in [-0.3, -0.25) is 0 Å². The van der Waals surface area contributed by atoms with Gasteiger partial charge in [0.1, 0.15) is 0 Å². The topological polar surface area (TPSA) is 41.9 Å². The molecule has 0 saturated carbocycles. The summed E-state index contributed by atoms with van der Waals surface area (Å²) < 4.78 is 2.06. The number of nitrogens with one attached hydrogen (secondary N) is 2. The van der Waals surface area contributed by atoms with Crippen LogP contribution in [0.4, 0.5) is 5.69 Å². The maximum absolute atomic E-state index is 5.27. The smallest absolute Gasteiger partial charge is 0.170 e. The lowest BCUT2D eigenvalue weighted by molar-refractivity contribution is 0.632. The van der Waals surface area contributed by atoms with Crippen molar-refractivity contribution in [1.82, 2.24) is 14.9 Å². The quantitative estimate of drug-likeness (QED) is 0.658. The first-order chi connectivity index (χ1) is 9.25. The molecule has 2 aromatic rings. The van der Waals surface area contributed by atoms with Crippen LogP contribution in [0.2, 0.25) is 0 Å². The number of benzene rings is 1. The summed E-state index contributed by atoms with van der Waals surface area (Å²) in [6.07, 6.45) is 6.58. The normalized spacial score (nSPS) is 9.65. The number of hydrogen-bond donors (Lipinski definition) is 2. The summed E-state index contributed by atoms with van der Waals surface area (Å²) in [5.41, 5.74) is 2.24. The number of halogens is 1. The van der Waals surface area contributed by atoms with Crippen LogP contribution in [0, 0.1) is 6.92 Å². The van der Waals surface area contributed by atoms with E-state index in [1.54, 1.807) is 6.20 Å². The average molecular weight is 311 g/mol. The molecule has 108 valence electrons. The van der Waals surface area contributed by atoms with Crippen LogP contribution in [0.15, 0.2) is 43.0 Å². The zero-order chi connectivity index (χ0) is 13.5. The minimum Gasteiger partial charge on any atom is -0.362 e. The van der Waals surface area contributed by atoms with E-state index in [0.717, 1.165) is 25.2 Å². The third-order valence-corrected chi connectivity index (χ3v) is 3.08. The first-order valence-corrected chi connectivity index (χ1v) is 6.73. The summed E-state index contributed by atoms with van der Waals surface area (Å²) in [4.78, 5) is 4.01. The zero-order valence-electron chi connectivity index (χ0n) is 11.4. The van der Waals surface area contributed by atoms with Crippen LogP contribution >= 0.6 is 24.6 Å². The van der Waals surface area contributed by atoms with E-state index < -0.39 is 0 Å². The molecule has 1 aromatic carbocycles. The number of nitrogens with zero attached hydrogens (tertiary/aromatic N) is 2. The van der Waals surface area contributed by atoms with Gasteiger partial charge in [0.15, 0.2) is 5.11 Å². The molecule has 2 rings (SSSR count). The van der Waals surface area contributed by atoms with Gasteiger partial charge in [-0.15, -0.1) is 12.4 Å². The molecule has 1 aromatic heterocycles. The SMILES string of the molecule is Cc1ccccc1NC(=S)NCCCn1ccnc1.Cl. The van der Waals surface area contributed by atoms with E-state index in [4.69, 9.17) is 12.2 Å². The number of thiocarbonyl (C=S) groups is 1. The maximum atomic E-state index is 5.27. The van der Waals surface area contributed by atoms with Gasteiger partial charge in [-0.05, 0) is 37.2 Å². The second-order valence-corrected chi connectivity index (χ2v) is 4.76. The standard InChI is InChI=1S/C14H18N4S.ClH/c1-12-5-2-3-6-13(12)17-14(19)16-7-4-9-18-10-8-15-11-18;/h2-3,5-6,8,10-11H,4,7,9H2,1H3,(H2,16,17,19);1H. The van der Waals surface area contributed by atoms with Crippen molar-refractivity contribution in [2.75, 3.05) is 11.9 Å². The summed E-state index contributed by atoms with van der Waals surface area (Å²) in [6.45, 7) is 3.85. The second-order valence-electron chi connectivity index (χ2n) is 4.35. The van der Waals surface area contributed by atoms with Gasteiger partial charge in [0, 0.05) is 31.2 Å². The number of rotatable bonds is 5. The molecule has 0 aliphatic carbocycles. The molecule has 0 amide bonds. The number of aromatic nitrogens is 2. The van der Waals surface area contributed by atoms with Gasteiger partial charge < -0.3 is 15.2 Å². The molecule has 6 heteroatoms. The van der Waals surface area contributed by atoms with Crippen molar-refractivity contribution < 1.29 is 0 Å². The largest absolute Gasteiger partial charge is 0.362 e. The number of para-hydroxylation sites is 1. The van der Waals surface area contributed by atoms with Crippen LogP contribution in [0.1, 0.15) is 12.0 Å². The van der Waals surface area contributed by atoms with E-state index in [2.05, 4.69) is 33.2 Å². The number of aryl methyl sites for hydroxylation is 2. The van der Waals surface area contributed by atoms with Crippen molar-refractivity contribution in [3.8, 4) is 0 Å². The Hall–Kier alpha value is -1.59. The Morgan fingerprint density at radius 3 is 2.85 bits per heavy atom. The predicted octanol–water partition coefficient (Wildman–Crippen LogP) is 2.99. The van der Waals surface area contributed by atoms with Gasteiger partial charge in [-0.25, -0.2) is 4.98 Å². The second kappa shape index (κ2) is 8.55. The van der Waals surface area contributed by atoms with Crippen molar-refractivity contribution in [1.29, 1.82) is 0 Å². The minimum absolute atomic E-state index is 0. The van der Waals surface area contributed by atoms with Crippen molar-refractivity contribution in [3.05, 3.63) is 48.5 Å². The van der Waals surface area contributed by atoms with Gasteiger partial charge in [0.2, 0.25) is 0 Å². The lowest BCUT2D eigenvalue weighted by atomic mass is 10.2. The van der Waals surface area contributed by atoms with Crippen LogP contribution in [0.3, 0.4) is 0 Å². The Bertz CT molecular complexity index is 528. The van der Waals surface area contributed by atoms with Crippen molar-refractivity contribution in [2.24, 2.45) is 0 Å². The Kier molecular flexibility index (Phi) is 7.04. The minimum atomic E-state index is 0. The summed E-state index contributed by atoms with van der Waals surface area (Å²) in [7, 11) is 0. The molecule has 20 heavy (non-hydrogen) atoms. The van der Waals surface area contributed by atoms with E-state index in [-0.39, 0.29) is 12.4 Å².